The summed E-state index contributed by atoms with van der Waals surface area (Å²) >= 11 is 0. The standard InChI is InChI=1S/C15H18O3/c1-18-12-5-3-2-4-11(12)13-9-6-7-10(8-9)14(13)15(16)17/h2-5,9-10,13-14H,6-8H2,1H3,(H,16,17)/t9-,10+,13-,14+/m0/s1. The van der Waals surface area contributed by atoms with Crippen molar-refractivity contribution < 1.29 is 14.6 Å². The molecule has 96 valence electrons. The predicted molar refractivity (Wildman–Crippen MR) is 67.7 cm³/mol. The van der Waals surface area contributed by atoms with Gasteiger partial charge in [0.1, 0.15) is 5.75 Å². The maximum Gasteiger partial charge on any atom is 0.307 e. The molecule has 1 aromatic carbocycles. The number of rotatable bonds is 3. The Morgan fingerprint density at radius 2 is 2.00 bits per heavy atom. The summed E-state index contributed by atoms with van der Waals surface area (Å²) in [6.45, 7) is 0. The first kappa shape index (κ1) is 11.6. The van der Waals surface area contributed by atoms with Crippen molar-refractivity contribution in [2.45, 2.75) is 25.2 Å². The molecule has 2 aliphatic carbocycles. The van der Waals surface area contributed by atoms with Gasteiger partial charge in [0.2, 0.25) is 0 Å². The minimum atomic E-state index is -0.641. The third-order valence-electron chi connectivity index (χ3n) is 4.70. The summed E-state index contributed by atoms with van der Waals surface area (Å²) in [6, 6.07) is 7.87. The van der Waals surface area contributed by atoms with Crippen LogP contribution in [0, 0.1) is 17.8 Å². The van der Waals surface area contributed by atoms with Crippen LogP contribution in [0.2, 0.25) is 0 Å². The summed E-state index contributed by atoms with van der Waals surface area (Å²) in [6.07, 6.45) is 3.31. The Kier molecular flexibility index (Phi) is 2.77. The van der Waals surface area contributed by atoms with Crippen molar-refractivity contribution in [3.8, 4) is 5.75 Å². The monoisotopic (exact) mass is 246 g/mol. The quantitative estimate of drug-likeness (QED) is 0.892. The van der Waals surface area contributed by atoms with Crippen LogP contribution in [0.5, 0.6) is 5.75 Å². The molecule has 0 amide bonds. The van der Waals surface area contributed by atoms with Gasteiger partial charge in [0.15, 0.2) is 0 Å². The molecule has 18 heavy (non-hydrogen) atoms. The van der Waals surface area contributed by atoms with Gasteiger partial charge < -0.3 is 9.84 Å². The van der Waals surface area contributed by atoms with Gasteiger partial charge in [-0.05, 0) is 42.7 Å². The smallest absolute Gasteiger partial charge is 0.307 e. The van der Waals surface area contributed by atoms with E-state index >= 15 is 0 Å². The molecule has 1 aromatic rings. The van der Waals surface area contributed by atoms with Gasteiger partial charge in [-0.2, -0.15) is 0 Å². The lowest BCUT2D eigenvalue weighted by molar-refractivity contribution is -0.144. The van der Waals surface area contributed by atoms with Crippen molar-refractivity contribution >= 4 is 5.97 Å². The zero-order chi connectivity index (χ0) is 12.7. The summed E-state index contributed by atoms with van der Waals surface area (Å²) in [5.74, 6) is 0.992. The predicted octanol–water partition coefficient (Wildman–Crippen LogP) is 2.91. The highest BCUT2D eigenvalue weighted by molar-refractivity contribution is 5.73. The molecule has 0 radical (unpaired) electrons. The molecule has 2 bridgehead atoms. The number of hydrogen-bond donors (Lipinski definition) is 1. The number of carboxylic acids is 1. The van der Waals surface area contributed by atoms with E-state index in [2.05, 4.69) is 0 Å². The summed E-state index contributed by atoms with van der Waals surface area (Å²) < 4.78 is 5.40. The van der Waals surface area contributed by atoms with E-state index in [1.54, 1.807) is 7.11 Å². The van der Waals surface area contributed by atoms with Crippen molar-refractivity contribution in [1.82, 2.24) is 0 Å². The summed E-state index contributed by atoms with van der Waals surface area (Å²) in [5, 5.41) is 9.49. The van der Waals surface area contributed by atoms with E-state index in [0.29, 0.717) is 11.8 Å². The molecular formula is C15H18O3. The van der Waals surface area contributed by atoms with E-state index in [1.165, 1.54) is 0 Å². The van der Waals surface area contributed by atoms with Gasteiger partial charge in [0, 0.05) is 5.92 Å². The highest BCUT2D eigenvalue weighted by atomic mass is 16.5. The zero-order valence-corrected chi connectivity index (χ0v) is 10.5. The van der Waals surface area contributed by atoms with Crippen molar-refractivity contribution in [2.24, 2.45) is 17.8 Å². The van der Waals surface area contributed by atoms with Crippen molar-refractivity contribution in [3.63, 3.8) is 0 Å². The number of methoxy groups -OCH3 is 1. The van der Waals surface area contributed by atoms with E-state index in [0.717, 1.165) is 30.6 Å². The number of hydrogen-bond acceptors (Lipinski definition) is 2. The Balaban J connectivity index is 2.02. The first-order chi connectivity index (χ1) is 8.72. The molecule has 0 heterocycles. The van der Waals surface area contributed by atoms with Crippen molar-refractivity contribution in [3.05, 3.63) is 29.8 Å². The highest BCUT2D eigenvalue weighted by Crippen LogP contribution is 2.57. The molecule has 3 nitrogen and oxygen atoms in total. The van der Waals surface area contributed by atoms with Crippen LogP contribution in [0.3, 0.4) is 0 Å². The van der Waals surface area contributed by atoms with Gasteiger partial charge in [-0.25, -0.2) is 0 Å². The summed E-state index contributed by atoms with van der Waals surface area (Å²) in [5.41, 5.74) is 1.08. The Bertz CT molecular complexity index is 469. The normalized spacial score (nSPS) is 33.6. The van der Waals surface area contributed by atoms with E-state index < -0.39 is 5.97 Å². The first-order valence-electron chi connectivity index (χ1n) is 6.58. The number of ether oxygens (including phenoxy) is 1. The van der Waals surface area contributed by atoms with E-state index in [-0.39, 0.29) is 11.8 Å². The third kappa shape index (κ3) is 1.61. The Morgan fingerprint density at radius 1 is 1.28 bits per heavy atom. The zero-order valence-electron chi connectivity index (χ0n) is 10.5. The molecular weight excluding hydrogens is 228 g/mol. The molecule has 2 saturated carbocycles. The number of carboxylic acid groups (broad SMARTS) is 1. The topological polar surface area (TPSA) is 46.5 Å². The maximum absolute atomic E-state index is 11.5. The van der Waals surface area contributed by atoms with Gasteiger partial charge in [0.25, 0.3) is 0 Å². The number of aliphatic carboxylic acids is 1. The number of para-hydroxylation sites is 1. The second kappa shape index (κ2) is 4.30. The minimum absolute atomic E-state index is 0.136. The lowest BCUT2D eigenvalue weighted by Crippen LogP contribution is -2.28. The van der Waals surface area contributed by atoms with Gasteiger partial charge in [-0.1, -0.05) is 18.2 Å². The molecule has 4 atom stereocenters. The van der Waals surface area contributed by atoms with E-state index in [9.17, 15) is 9.90 Å². The first-order valence-corrected chi connectivity index (χ1v) is 6.58. The van der Waals surface area contributed by atoms with Gasteiger partial charge in [-0.3, -0.25) is 4.79 Å². The van der Waals surface area contributed by atoms with Crippen LogP contribution in [0.1, 0.15) is 30.7 Å². The van der Waals surface area contributed by atoms with Crippen molar-refractivity contribution in [1.29, 1.82) is 0 Å². The molecule has 0 spiro atoms. The molecule has 0 saturated heterocycles. The molecule has 0 aromatic heterocycles. The fourth-order valence-electron chi connectivity index (χ4n) is 4.04. The van der Waals surface area contributed by atoms with Crippen LogP contribution in [0.15, 0.2) is 24.3 Å². The summed E-state index contributed by atoms with van der Waals surface area (Å²) in [7, 11) is 1.65. The Labute approximate surface area is 107 Å². The minimum Gasteiger partial charge on any atom is -0.496 e. The average Bonchev–Trinajstić information content (AvgIpc) is 2.98. The van der Waals surface area contributed by atoms with Gasteiger partial charge in [0.05, 0.1) is 13.0 Å². The van der Waals surface area contributed by atoms with Crippen LogP contribution in [0.4, 0.5) is 0 Å². The largest absolute Gasteiger partial charge is 0.496 e. The number of fused-ring (bicyclic) bond motifs is 2. The fourth-order valence-corrected chi connectivity index (χ4v) is 4.04. The van der Waals surface area contributed by atoms with Crippen LogP contribution in [-0.2, 0) is 4.79 Å². The molecule has 0 aliphatic heterocycles. The Hall–Kier alpha value is -1.51. The maximum atomic E-state index is 11.5. The number of carbonyl (C=O) groups is 1. The van der Waals surface area contributed by atoms with Crippen LogP contribution >= 0.6 is 0 Å². The molecule has 0 unspecified atom stereocenters. The number of benzene rings is 1. The molecule has 2 fully saturated rings. The van der Waals surface area contributed by atoms with Gasteiger partial charge in [-0.15, -0.1) is 0 Å². The van der Waals surface area contributed by atoms with Crippen LogP contribution in [-0.4, -0.2) is 18.2 Å². The molecule has 3 rings (SSSR count). The molecule has 3 heteroatoms. The second-order valence-electron chi connectivity index (χ2n) is 5.46. The van der Waals surface area contributed by atoms with E-state index in [4.69, 9.17) is 4.74 Å². The van der Waals surface area contributed by atoms with E-state index in [1.807, 2.05) is 24.3 Å². The SMILES string of the molecule is COc1ccccc1[C@@H]1[C@H]2CC[C@H](C2)[C@H]1C(=O)O. The molecule has 1 N–H and O–H groups in total. The lowest BCUT2D eigenvalue weighted by atomic mass is 9.75. The lowest BCUT2D eigenvalue weighted by Gasteiger charge is -2.29. The average molecular weight is 246 g/mol. The summed E-state index contributed by atoms with van der Waals surface area (Å²) in [4.78, 5) is 11.5. The van der Waals surface area contributed by atoms with Crippen LogP contribution in [0.25, 0.3) is 0 Å². The van der Waals surface area contributed by atoms with Crippen molar-refractivity contribution in [2.75, 3.05) is 7.11 Å². The fraction of sp³-hybridized carbons (Fsp3) is 0.533. The third-order valence-corrected chi connectivity index (χ3v) is 4.70. The van der Waals surface area contributed by atoms with Crippen LogP contribution < -0.4 is 4.74 Å². The Morgan fingerprint density at radius 3 is 2.72 bits per heavy atom. The second-order valence-corrected chi connectivity index (χ2v) is 5.46. The van der Waals surface area contributed by atoms with Gasteiger partial charge >= 0.3 is 5.97 Å². The highest BCUT2D eigenvalue weighted by Gasteiger charge is 2.52. The molecule has 2 aliphatic rings.